The number of carbonyl (C=O) groups excluding carboxylic acids is 7. The molecule has 20 heteroatoms. The molecule has 398 valence electrons. The summed E-state index contributed by atoms with van der Waals surface area (Å²) in [6.45, 7) is 14.6. The minimum Gasteiger partial charge on any atom is -0.467 e. The molecule has 71 heavy (non-hydrogen) atoms. The Balaban J connectivity index is 1.56. The van der Waals surface area contributed by atoms with Crippen LogP contribution in [0, 0.1) is 17.8 Å². The van der Waals surface area contributed by atoms with Gasteiger partial charge in [0.1, 0.15) is 17.6 Å². The van der Waals surface area contributed by atoms with Crippen LogP contribution in [0.5, 0.6) is 0 Å². The molecule has 0 saturated carbocycles. The second-order valence-corrected chi connectivity index (χ2v) is 19.4. The highest BCUT2D eigenvalue weighted by atomic mass is 32.1. The first-order chi connectivity index (χ1) is 33.7. The molecular weight excluding hydrogens is 937 g/mol. The third-order valence-corrected chi connectivity index (χ3v) is 13.6. The van der Waals surface area contributed by atoms with Crippen LogP contribution in [0.25, 0.3) is 0 Å². The van der Waals surface area contributed by atoms with Gasteiger partial charge in [-0.05, 0) is 44.1 Å². The molecule has 2 aliphatic rings. The number of esters is 1. The summed E-state index contributed by atoms with van der Waals surface area (Å²) in [5.74, 6) is -3.49. The summed E-state index contributed by atoms with van der Waals surface area (Å²) in [5.41, 5.74) is -0.443. The van der Waals surface area contributed by atoms with Crippen LogP contribution < -0.4 is 16.0 Å². The Morgan fingerprint density at radius 1 is 0.859 bits per heavy atom. The highest BCUT2D eigenvalue weighted by Crippen LogP contribution is 2.30. The van der Waals surface area contributed by atoms with E-state index in [-0.39, 0.29) is 106 Å². The normalized spacial score (nSPS) is 17.8. The number of methoxy groups -OCH3 is 3. The molecule has 1 aromatic rings. The lowest BCUT2D eigenvalue weighted by Crippen LogP contribution is -2.62. The Kier molecular flexibility index (Phi) is 25.7. The molecule has 19 nitrogen and oxygen atoms in total. The molecule has 0 aliphatic carbocycles. The number of imide groups is 1. The summed E-state index contributed by atoms with van der Waals surface area (Å²) in [4.78, 5) is 96.5. The van der Waals surface area contributed by atoms with Gasteiger partial charge in [-0.15, -0.1) is 0 Å². The van der Waals surface area contributed by atoms with Gasteiger partial charge >= 0.3 is 5.97 Å². The van der Waals surface area contributed by atoms with Crippen molar-refractivity contribution in [3.8, 4) is 0 Å². The molecule has 1 fully saturated rings. The fraction of sp³-hybridized carbons (Fsp3) is 0.686. The van der Waals surface area contributed by atoms with E-state index in [1.165, 1.54) is 26.4 Å². The third kappa shape index (κ3) is 18.3. The minimum atomic E-state index is -1.38. The number of amides is 6. The van der Waals surface area contributed by atoms with E-state index < -0.39 is 53.7 Å². The standard InChI is InChI=1S/C51H80N6O13S/c1-12-34(4)45(39(65-9)32-43(61)56-23-16-19-38(56)46(66-10)35(5)47(71)52-37(49(63)67-11)31-36-17-14-13-15-18-36)55(8)48(62)44(33(2)3)53-50(64)51(6,7)54-40(58)22-25-68-27-29-70-30-28-69-26-24-57-41(59)20-21-42(57)60/h13-15,17-18,20-21,33-35,37-39,44-46H,12,16,19,22-32H2,1-11H3,(H,52,71)(H,53,64)(H,54,58)/t34-,35+,37-,38-,39+,44-,45-,46+/m0/s1. The zero-order chi connectivity index (χ0) is 52.8. The van der Waals surface area contributed by atoms with Crippen molar-refractivity contribution in [2.45, 2.75) is 129 Å². The number of hydrogen-bond donors (Lipinski definition) is 3. The van der Waals surface area contributed by atoms with E-state index in [9.17, 15) is 33.6 Å². The molecule has 8 atom stereocenters. The second-order valence-electron chi connectivity index (χ2n) is 19.0. The van der Waals surface area contributed by atoms with E-state index >= 15 is 0 Å². The van der Waals surface area contributed by atoms with Crippen LogP contribution in [0.15, 0.2) is 42.5 Å². The Morgan fingerprint density at radius 3 is 2.03 bits per heavy atom. The van der Waals surface area contributed by atoms with Crippen molar-refractivity contribution in [2.75, 3.05) is 81.1 Å². The first-order valence-electron chi connectivity index (χ1n) is 24.6. The van der Waals surface area contributed by atoms with Crippen molar-refractivity contribution in [2.24, 2.45) is 17.8 Å². The van der Waals surface area contributed by atoms with Crippen LogP contribution >= 0.6 is 12.2 Å². The molecule has 0 radical (unpaired) electrons. The summed E-state index contributed by atoms with van der Waals surface area (Å²) in [6, 6.07) is 7.01. The molecule has 2 aliphatic heterocycles. The number of likely N-dealkylation sites (N-methyl/N-ethyl adjacent to an activating group) is 1. The largest absolute Gasteiger partial charge is 0.467 e. The topological polar surface area (TPSA) is 221 Å². The Bertz CT molecular complexity index is 1940. The monoisotopic (exact) mass is 1020 g/mol. The molecule has 0 bridgehead atoms. The zero-order valence-corrected chi connectivity index (χ0v) is 44.5. The van der Waals surface area contributed by atoms with Crippen LogP contribution in [-0.2, 0) is 68.4 Å². The lowest BCUT2D eigenvalue weighted by Gasteiger charge is -2.41. The van der Waals surface area contributed by atoms with Crippen LogP contribution in [-0.4, -0.2) is 184 Å². The van der Waals surface area contributed by atoms with Crippen molar-refractivity contribution in [3.63, 3.8) is 0 Å². The summed E-state index contributed by atoms with van der Waals surface area (Å²) < 4.78 is 33.6. The van der Waals surface area contributed by atoms with Crippen LogP contribution in [0.1, 0.15) is 86.1 Å². The van der Waals surface area contributed by atoms with Gasteiger partial charge in [0.2, 0.25) is 23.6 Å². The quantitative estimate of drug-likeness (QED) is 0.0409. The van der Waals surface area contributed by atoms with Crippen LogP contribution in [0.3, 0.4) is 0 Å². The number of ether oxygens (including phenoxy) is 6. The van der Waals surface area contributed by atoms with E-state index in [0.717, 1.165) is 16.9 Å². The fourth-order valence-corrected chi connectivity index (χ4v) is 9.11. The van der Waals surface area contributed by atoms with Gasteiger partial charge in [0.15, 0.2) is 0 Å². The van der Waals surface area contributed by atoms with Crippen molar-refractivity contribution >= 4 is 58.6 Å². The van der Waals surface area contributed by atoms with Crippen LogP contribution in [0.4, 0.5) is 0 Å². The number of nitrogens with one attached hydrogen (secondary N) is 3. The van der Waals surface area contributed by atoms with E-state index in [4.69, 9.17) is 40.6 Å². The summed E-state index contributed by atoms with van der Waals surface area (Å²) in [6.07, 6.45) is 3.67. The predicted octanol–water partition coefficient (Wildman–Crippen LogP) is 3.01. The number of benzene rings is 1. The molecule has 2 heterocycles. The maximum Gasteiger partial charge on any atom is 0.328 e. The Hall–Kier alpha value is -4.86. The fourth-order valence-electron chi connectivity index (χ4n) is 8.83. The summed E-state index contributed by atoms with van der Waals surface area (Å²) in [7, 11) is 6.13. The maximum absolute atomic E-state index is 14.5. The van der Waals surface area contributed by atoms with Gasteiger partial charge in [-0.3, -0.25) is 33.7 Å². The molecule has 1 saturated heterocycles. The van der Waals surface area contributed by atoms with Gasteiger partial charge < -0.3 is 54.2 Å². The Morgan fingerprint density at radius 2 is 1.46 bits per heavy atom. The SMILES string of the molecule is CC[C@H](C)[C@@H]([C@@H](CC(=O)N1CCC[C@H]1[C@H](OC)[C@@H](C)C(=S)N[C@@H](Cc1ccccc1)C(=O)OC)OC)N(C)C(=O)[C@@H](NC(=O)C(C)(C)NC(=O)CCOCCOCCOCCN1C(=O)C=CC1=O)C(C)C. The number of rotatable bonds is 32. The Labute approximate surface area is 425 Å². The second kappa shape index (κ2) is 30.2. The van der Waals surface area contributed by atoms with Crippen molar-refractivity contribution in [1.29, 1.82) is 0 Å². The average Bonchev–Trinajstić information content (AvgIpc) is 3.96. The van der Waals surface area contributed by atoms with Crippen molar-refractivity contribution < 1.29 is 62.0 Å². The summed E-state index contributed by atoms with van der Waals surface area (Å²) in [5, 5.41) is 8.86. The number of thiocarbonyl (C=S) groups is 1. The number of likely N-dealkylation sites (tertiary alicyclic amines) is 1. The van der Waals surface area contributed by atoms with E-state index in [1.54, 1.807) is 32.9 Å². The van der Waals surface area contributed by atoms with E-state index in [2.05, 4.69) is 16.0 Å². The molecule has 0 spiro atoms. The number of carbonyl (C=O) groups is 7. The number of hydrogen-bond acceptors (Lipinski definition) is 14. The van der Waals surface area contributed by atoms with Crippen molar-refractivity contribution in [1.82, 2.24) is 30.7 Å². The molecule has 3 rings (SSSR count). The molecule has 0 aromatic heterocycles. The van der Waals surface area contributed by atoms with Crippen molar-refractivity contribution in [3.05, 3.63) is 48.0 Å². The zero-order valence-electron chi connectivity index (χ0n) is 43.7. The molecular formula is C51H80N6O13S. The van der Waals surface area contributed by atoms with Gasteiger partial charge in [-0.2, -0.15) is 0 Å². The highest BCUT2D eigenvalue weighted by Gasteiger charge is 2.43. The predicted molar refractivity (Wildman–Crippen MR) is 270 cm³/mol. The van der Waals surface area contributed by atoms with Gasteiger partial charge in [-0.1, -0.05) is 83.6 Å². The highest BCUT2D eigenvalue weighted by molar-refractivity contribution is 7.80. The van der Waals surface area contributed by atoms with E-state index in [0.29, 0.717) is 30.8 Å². The van der Waals surface area contributed by atoms with Crippen LogP contribution in [0.2, 0.25) is 0 Å². The number of nitrogens with zero attached hydrogens (tertiary/aromatic N) is 3. The smallest absolute Gasteiger partial charge is 0.328 e. The van der Waals surface area contributed by atoms with Gasteiger partial charge in [0, 0.05) is 58.7 Å². The average molecular weight is 1020 g/mol. The van der Waals surface area contributed by atoms with E-state index in [1.807, 2.05) is 69.9 Å². The van der Waals surface area contributed by atoms with Gasteiger partial charge in [0.05, 0.1) is 89.0 Å². The molecule has 1 aromatic carbocycles. The molecule has 0 unspecified atom stereocenters. The minimum absolute atomic E-state index is 0.0216. The first-order valence-corrected chi connectivity index (χ1v) is 25.1. The first kappa shape index (κ1) is 60.4. The third-order valence-electron chi connectivity index (χ3n) is 13.2. The maximum atomic E-state index is 14.5. The summed E-state index contributed by atoms with van der Waals surface area (Å²) >= 11 is 5.87. The van der Waals surface area contributed by atoms with Gasteiger partial charge in [0.25, 0.3) is 11.8 Å². The molecule has 3 N–H and O–H groups in total. The lowest BCUT2D eigenvalue weighted by atomic mass is 9.89. The molecule has 6 amide bonds. The van der Waals surface area contributed by atoms with Gasteiger partial charge in [-0.25, -0.2) is 4.79 Å². The lowest BCUT2D eigenvalue weighted by molar-refractivity contribution is -0.147.